The van der Waals surface area contributed by atoms with Crippen LogP contribution in [-0.4, -0.2) is 78.4 Å². The number of anilines is 1. The van der Waals surface area contributed by atoms with Crippen molar-refractivity contribution in [2.75, 3.05) is 57.8 Å². The highest BCUT2D eigenvalue weighted by atomic mass is 16.5. The maximum Gasteiger partial charge on any atom is 0.236 e. The maximum atomic E-state index is 13.0. The minimum atomic E-state index is 0.222. The van der Waals surface area contributed by atoms with Crippen molar-refractivity contribution in [2.45, 2.75) is 20.3 Å². The third-order valence-electron chi connectivity index (χ3n) is 7.41. The average Bonchev–Trinajstić information content (AvgIpc) is 3.41. The fourth-order valence-corrected chi connectivity index (χ4v) is 4.93. The van der Waals surface area contributed by atoms with Crippen molar-refractivity contribution in [3.8, 4) is 11.4 Å². The van der Waals surface area contributed by atoms with Crippen LogP contribution in [-0.2, 0) is 4.79 Å². The van der Waals surface area contributed by atoms with Gasteiger partial charge < -0.3 is 14.5 Å². The van der Waals surface area contributed by atoms with E-state index in [4.69, 9.17) is 4.74 Å². The fourth-order valence-electron chi connectivity index (χ4n) is 4.93. The van der Waals surface area contributed by atoms with Crippen LogP contribution in [0.15, 0.2) is 60.9 Å². The molecule has 2 aliphatic rings. The number of piperazine rings is 1. The summed E-state index contributed by atoms with van der Waals surface area (Å²) in [6.45, 7) is 9.59. The first-order valence-electron chi connectivity index (χ1n) is 12.7. The lowest BCUT2D eigenvalue weighted by Crippen LogP contribution is -2.51. The molecule has 36 heavy (non-hydrogen) atoms. The van der Waals surface area contributed by atoms with Crippen LogP contribution in [0, 0.1) is 13.8 Å². The fraction of sp³-hybridized carbons (Fsp3) is 0.379. The van der Waals surface area contributed by atoms with E-state index in [9.17, 15) is 4.79 Å². The zero-order chi connectivity index (χ0) is 25.1. The molecule has 0 atom stereocenters. The van der Waals surface area contributed by atoms with Gasteiger partial charge in [-0.15, -0.1) is 0 Å². The third kappa shape index (κ3) is 5.31. The number of aromatic nitrogens is 2. The monoisotopic (exact) mass is 485 g/mol. The molecule has 1 fully saturated rings. The van der Waals surface area contributed by atoms with Crippen LogP contribution in [0.2, 0.25) is 0 Å². The summed E-state index contributed by atoms with van der Waals surface area (Å²) in [7, 11) is 1.69. The van der Waals surface area contributed by atoms with E-state index in [1.807, 2.05) is 27.9 Å². The smallest absolute Gasteiger partial charge is 0.236 e. The predicted molar refractivity (Wildman–Crippen MR) is 144 cm³/mol. The van der Waals surface area contributed by atoms with E-state index in [-0.39, 0.29) is 5.91 Å². The standard InChI is InChI=1S/C29H35N5O2/c1-22-7-8-27(17-23(22)2)34-20-25(19-30-34)24-9-11-31(12-10-24)21-29(35)33-15-13-32(14-16-33)26-5-4-6-28(18-26)36-3/h4-9,17-20H,10-16,21H2,1-3H3. The molecule has 7 nitrogen and oxygen atoms in total. The molecule has 0 aliphatic carbocycles. The average molecular weight is 486 g/mol. The summed E-state index contributed by atoms with van der Waals surface area (Å²) in [6, 6.07) is 14.5. The predicted octanol–water partition coefficient (Wildman–Crippen LogP) is 3.94. The molecule has 3 heterocycles. The van der Waals surface area contributed by atoms with Gasteiger partial charge in [0.15, 0.2) is 0 Å². The summed E-state index contributed by atoms with van der Waals surface area (Å²) in [5.41, 5.74) is 7.25. The van der Waals surface area contributed by atoms with Crippen LogP contribution in [0.25, 0.3) is 11.3 Å². The topological polar surface area (TPSA) is 53.8 Å². The molecule has 0 radical (unpaired) electrons. The SMILES string of the molecule is COc1cccc(N2CCN(C(=O)CN3CC=C(c4cnn(-c5ccc(C)c(C)c5)c4)CC3)CC2)c1. The first kappa shape index (κ1) is 24.1. The van der Waals surface area contributed by atoms with Crippen LogP contribution in [0.5, 0.6) is 5.75 Å². The van der Waals surface area contributed by atoms with Crippen molar-refractivity contribution < 1.29 is 9.53 Å². The van der Waals surface area contributed by atoms with Gasteiger partial charge in [0.05, 0.1) is 25.5 Å². The van der Waals surface area contributed by atoms with Gasteiger partial charge in [0.25, 0.3) is 0 Å². The Morgan fingerprint density at radius 1 is 0.972 bits per heavy atom. The highest BCUT2D eigenvalue weighted by Gasteiger charge is 2.24. The molecule has 1 amide bonds. The minimum Gasteiger partial charge on any atom is -0.497 e. The molecule has 3 aromatic rings. The van der Waals surface area contributed by atoms with E-state index in [0.717, 1.165) is 68.4 Å². The quantitative estimate of drug-likeness (QED) is 0.530. The molecule has 0 saturated carbocycles. The van der Waals surface area contributed by atoms with Crippen LogP contribution in [0.1, 0.15) is 23.1 Å². The van der Waals surface area contributed by atoms with Gasteiger partial charge in [-0.25, -0.2) is 4.68 Å². The number of nitrogens with zero attached hydrogens (tertiary/aromatic N) is 5. The highest BCUT2D eigenvalue weighted by Crippen LogP contribution is 2.24. The molecule has 0 unspecified atom stereocenters. The summed E-state index contributed by atoms with van der Waals surface area (Å²) < 4.78 is 7.30. The van der Waals surface area contributed by atoms with Gasteiger partial charge in [0.1, 0.15) is 5.75 Å². The number of methoxy groups -OCH3 is 1. The lowest BCUT2D eigenvalue weighted by atomic mass is 10.0. The number of ether oxygens (including phenoxy) is 1. The second-order valence-corrected chi connectivity index (χ2v) is 9.73. The molecule has 0 N–H and O–H groups in total. The zero-order valence-corrected chi connectivity index (χ0v) is 21.5. The van der Waals surface area contributed by atoms with E-state index in [1.165, 1.54) is 16.7 Å². The van der Waals surface area contributed by atoms with Crippen LogP contribution in [0.4, 0.5) is 5.69 Å². The van der Waals surface area contributed by atoms with Gasteiger partial charge in [0, 0.05) is 62.8 Å². The molecule has 1 aromatic heterocycles. The van der Waals surface area contributed by atoms with Crippen molar-refractivity contribution in [2.24, 2.45) is 0 Å². The second-order valence-electron chi connectivity index (χ2n) is 9.73. The van der Waals surface area contributed by atoms with Crippen molar-refractivity contribution in [1.82, 2.24) is 19.6 Å². The largest absolute Gasteiger partial charge is 0.497 e. The number of hydrogen-bond donors (Lipinski definition) is 0. The Labute approximate surface area is 213 Å². The maximum absolute atomic E-state index is 13.0. The van der Waals surface area contributed by atoms with Crippen molar-refractivity contribution >= 4 is 17.2 Å². The first-order valence-corrected chi connectivity index (χ1v) is 12.7. The molecule has 7 heteroatoms. The number of aryl methyl sites for hydroxylation is 2. The van der Waals surface area contributed by atoms with Gasteiger partial charge >= 0.3 is 0 Å². The third-order valence-corrected chi connectivity index (χ3v) is 7.41. The molecule has 5 rings (SSSR count). The molecule has 188 valence electrons. The summed E-state index contributed by atoms with van der Waals surface area (Å²) in [5.74, 6) is 1.08. The Balaban J connectivity index is 1.13. The van der Waals surface area contributed by atoms with Gasteiger partial charge in [0.2, 0.25) is 5.91 Å². The van der Waals surface area contributed by atoms with E-state index in [0.29, 0.717) is 6.54 Å². The lowest BCUT2D eigenvalue weighted by molar-refractivity contribution is -0.132. The van der Waals surface area contributed by atoms with Crippen molar-refractivity contribution in [1.29, 1.82) is 0 Å². The molecule has 1 saturated heterocycles. The normalized spacial score (nSPS) is 16.7. The Hall–Kier alpha value is -3.58. The van der Waals surface area contributed by atoms with Crippen molar-refractivity contribution in [3.05, 3.63) is 77.6 Å². The summed E-state index contributed by atoms with van der Waals surface area (Å²) in [6.07, 6.45) is 7.23. The van der Waals surface area contributed by atoms with E-state index >= 15 is 0 Å². The van der Waals surface area contributed by atoms with Crippen molar-refractivity contribution in [3.63, 3.8) is 0 Å². The molecular weight excluding hydrogens is 450 g/mol. The molecule has 2 aliphatic heterocycles. The van der Waals surface area contributed by atoms with E-state index < -0.39 is 0 Å². The Morgan fingerprint density at radius 2 is 1.81 bits per heavy atom. The molecular formula is C29H35N5O2. The zero-order valence-electron chi connectivity index (χ0n) is 21.5. The van der Waals surface area contributed by atoms with Crippen LogP contribution in [0.3, 0.4) is 0 Å². The first-order chi connectivity index (χ1) is 17.5. The highest BCUT2D eigenvalue weighted by molar-refractivity contribution is 5.79. The second kappa shape index (κ2) is 10.6. The lowest BCUT2D eigenvalue weighted by Gasteiger charge is -2.37. The number of carbonyl (C=O) groups is 1. The summed E-state index contributed by atoms with van der Waals surface area (Å²) in [4.78, 5) is 19.6. The van der Waals surface area contributed by atoms with E-state index in [1.54, 1.807) is 7.11 Å². The summed E-state index contributed by atoms with van der Waals surface area (Å²) >= 11 is 0. The number of rotatable bonds is 6. The van der Waals surface area contributed by atoms with Crippen LogP contribution < -0.4 is 9.64 Å². The van der Waals surface area contributed by atoms with Gasteiger partial charge in [-0.2, -0.15) is 5.10 Å². The van der Waals surface area contributed by atoms with Crippen LogP contribution >= 0.6 is 0 Å². The Kier molecular flexibility index (Phi) is 7.09. The Morgan fingerprint density at radius 3 is 2.53 bits per heavy atom. The summed E-state index contributed by atoms with van der Waals surface area (Å²) in [5, 5.41) is 4.59. The number of carbonyl (C=O) groups excluding carboxylic acids is 1. The van der Waals surface area contributed by atoms with Gasteiger partial charge in [-0.05, 0) is 61.2 Å². The molecule has 2 aromatic carbocycles. The van der Waals surface area contributed by atoms with Gasteiger partial charge in [-0.1, -0.05) is 18.2 Å². The Bertz CT molecular complexity index is 1260. The minimum absolute atomic E-state index is 0.222. The van der Waals surface area contributed by atoms with E-state index in [2.05, 4.69) is 71.4 Å². The number of amides is 1. The number of benzene rings is 2. The molecule has 0 bridgehead atoms. The van der Waals surface area contributed by atoms with Gasteiger partial charge in [-0.3, -0.25) is 9.69 Å². The molecule has 0 spiro atoms. The number of hydrogen-bond acceptors (Lipinski definition) is 5.